The van der Waals surface area contributed by atoms with Gasteiger partial charge in [-0.3, -0.25) is 19.2 Å². The number of methoxy groups -OCH3 is 1. The largest absolute Gasteiger partial charge is 0.492 e. The number of carbonyl (C=O) groups excluding carboxylic acids is 5. The number of benzene rings is 1. The quantitative estimate of drug-likeness (QED) is 0.0973. The molecule has 42 heavy (non-hydrogen) atoms. The van der Waals surface area contributed by atoms with Crippen molar-refractivity contribution in [3.63, 3.8) is 0 Å². The molecular formula is C27H33CoN2O12-. The standard InChI is InChI=1S/C27H33N2O12.Co/c1-6-10-37-11-9-24(34)29(4)14-23(33)28-19-12-18(15-30)7-8-20(19)40-27-22(39-17(3)32)13-21(38-16(2)31)25(41-27)26(35)36-5;/h1,7-8,12-13,21-22,25,27,30H,9-11,14-15H2,2-5H3,(H,28,33);/q-1;/t21-,22?,25?,27-;/m0./s1. The van der Waals surface area contributed by atoms with E-state index >= 15 is 0 Å². The van der Waals surface area contributed by atoms with Crippen molar-refractivity contribution < 1.29 is 74.3 Å². The number of carbonyl (C=O) groups is 5. The minimum absolute atomic E-state index is 0. The first-order chi connectivity index (χ1) is 19.5. The number of rotatable bonds is 13. The Bertz CT molecular complexity index is 1150. The van der Waals surface area contributed by atoms with E-state index in [4.69, 9.17) is 34.8 Å². The number of terminal acetylenes is 1. The van der Waals surface area contributed by atoms with E-state index in [0.29, 0.717) is 5.56 Å². The van der Waals surface area contributed by atoms with Crippen LogP contribution in [0.1, 0.15) is 25.8 Å². The third kappa shape index (κ3) is 11.3. The summed E-state index contributed by atoms with van der Waals surface area (Å²) in [6, 6.07) is 4.34. The Hall–Kier alpha value is -3.68. The van der Waals surface area contributed by atoms with Crippen molar-refractivity contribution in [3.8, 4) is 18.1 Å². The van der Waals surface area contributed by atoms with Gasteiger partial charge in [-0.1, -0.05) is 12.0 Å². The average molecular weight is 636 g/mol. The van der Waals surface area contributed by atoms with Gasteiger partial charge in [0.05, 0.1) is 39.0 Å². The summed E-state index contributed by atoms with van der Waals surface area (Å²) in [5.41, 5.74) is 0.499. The van der Waals surface area contributed by atoms with Crippen molar-refractivity contribution >= 4 is 35.4 Å². The van der Waals surface area contributed by atoms with Gasteiger partial charge in [-0.25, -0.2) is 11.2 Å². The van der Waals surface area contributed by atoms with Gasteiger partial charge in [0.15, 0.2) is 6.10 Å². The van der Waals surface area contributed by atoms with Crippen LogP contribution < -0.4 is 10.1 Å². The fraction of sp³-hybridized carbons (Fsp3) is 0.481. The predicted molar refractivity (Wildman–Crippen MR) is 140 cm³/mol. The number of likely N-dealkylation sites (N-methyl/N-ethyl adjacent to an activating group) is 1. The molecule has 1 aromatic rings. The minimum Gasteiger partial charge on any atom is -0.492 e. The molecule has 1 heterocycles. The normalized spacial score (nSPS) is 19.2. The van der Waals surface area contributed by atoms with Crippen molar-refractivity contribution in [2.24, 2.45) is 0 Å². The fourth-order valence-electron chi connectivity index (χ4n) is 3.63. The van der Waals surface area contributed by atoms with Crippen LogP contribution >= 0.6 is 0 Å². The van der Waals surface area contributed by atoms with Gasteiger partial charge >= 0.3 is 5.97 Å². The molecule has 1 fully saturated rings. The van der Waals surface area contributed by atoms with Gasteiger partial charge in [0.1, 0.15) is 12.4 Å². The number of nitrogens with one attached hydrogen (secondary N) is 1. The Morgan fingerprint density at radius 2 is 1.81 bits per heavy atom. The Balaban J connectivity index is 0.00000882. The maximum Gasteiger partial charge on any atom is 0.336 e. The molecule has 1 aliphatic heterocycles. The van der Waals surface area contributed by atoms with Gasteiger partial charge in [0.25, 0.3) is 11.9 Å². The molecule has 4 atom stereocenters. The van der Waals surface area contributed by atoms with E-state index in [-0.39, 0.29) is 66.9 Å². The smallest absolute Gasteiger partial charge is 0.336 e. The molecule has 1 radical (unpaired) electrons. The van der Waals surface area contributed by atoms with E-state index in [2.05, 4.69) is 11.2 Å². The summed E-state index contributed by atoms with van der Waals surface area (Å²) < 4.78 is 31.9. The first-order valence-corrected chi connectivity index (χ1v) is 12.4. The molecule has 0 saturated carbocycles. The van der Waals surface area contributed by atoms with Crippen LogP contribution in [-0.4, -0.2) is 98.2 Å². The maximum atomic E-state index is 12.8. The van der Waals surface area contributed by atoms with Crippen LogP contribution in [-0.2, 0) is 71.0 Å². The molecule has 0 aromatic heterocycles. The fourth-order valence-corrected chi connectivity index (χ4v) is 3.63. The zero-order valence-electron chi connectivity index (χ0n) is 23.5. The average Bonchev–Trinajstić information content (AvgIpc) is 2.91. The monoisotopic (exact) mass is 636 g/mol. The summed E-state index contributed by atoms with van der Waals surface area (Å²) in [5, 5.41) is 12.2. The molecule has 1 aliphatic rings. The topological polar surface area (TPSA) is 176 Å². The summed E-state index contributed by atoms with van der Waals surface area (Å²) in [4.78, 5) is 62.0. The third-order valence-corrected chi connectivity index (χ3v) is 5.46. The number of aliphatic hydroxyl groups excluding tert-OH is 1. The molecule has 15 heteroatoms. The molecule has 2 rings (SSSR count). The molecule has 2 amide bonds. The van der Waals surface area contributed by atoms with Gasteiger partial charge in [0, 0.05) is 49.9 Å². The second-order valence-electron chi connectivity index (χ2n) is 8.70. The van der Waals surface area contributed by atoms with Crippen molar-refractivity contribution in [1.82, 2.24) is 4.90 Å². The second kappa shape index (κ2) is 18.0. The van der Waals surface area contributed by atoms with Gasteiger partial charge in [-0.05, 0) is 17.7 Å². The molecule has 14 nitrogen and oxygen atoms in total. The number of aliphatic hydroxyl groups is 1. The number of amides is 2. The van der Waals surface area contributed by atoms with Crippen LogP contribution in [0.25, 0.3) is 0 Å². The molecule has 2 unspecified atom stereocenters. The molecule has 0 spiro atoms. The van der Waals surface area contributed by atoms with Crippen LogP contribution in [0, 0.1) is 18.8 Å². The number of anilines is 1. The van der Waals surface area contributed by atoms with E-state index < -0.39 is 48.4 Å². The van der Waals surface area contributed by atoms with Crippen molar-refractivity contribution in [2.45, 2.75) is 51.5 Å². The maximum absolute atomic E-state index is 12.8. The zero-order valence-corrected chi connectivity index (χ0v) is 24.5. The molecule has 2 N–H and O–H groups in total. The van der Waals surface area contributed by atoms with Gasteiger partial charge in [-0.2, -0.15) is 0 Å². The summed E-state index contributed by atoms with van der Waals surface area (Å²) in [7, 11) is 2.55. The van der Waals surface area contributed by atoms with Gasteiger partial charge in [-0.15, -0.1) is 6.42 Å². The molecule has 0 bridgehead atoms. The number of esters is 3. The van der Waals surface area contributed by atoms with Crippen molar-refractivity contribution in [1.29, 1.82) is 0 Å². The van der Waals surface area contributed by atoms with Crippen molar-refractivity contribution in [2.75, 3.05) is 39.2 Å². The van der Waals surface area contributed by atoms with E-state index in [9.17, 15) is 29.1 Å². The number of nitrogens with zero attached hydrogens (tertiary/aromatic N) is 1. The number of hydrogen-bond acceptors (Lipinski definition) is 12. The predicted octanol–water partition coefficient (Wildman–Crippen LogP) is -0.0424. The molecule has 233 valence electrons. The van der Waals surface area contributed by atoms with E-state index in [1.165, 1.54) is 36.6 Å². The molecule has 1 aromatic carbocycles. The third-order valence-electron chi connectivity index (χ3n) is 5.46. The number of ether oxygens (including phenoxy) is 6. The molecule has 0 aliphatic carbocycles. The van der Waals surface area contributed by atoms with Gasteiger partial charge in [0.2, 0.25) is 18.1 Å². The van der Waals surface area contributed by atoms with Crippen LogP contribution in [0.2, 0.25) is 0 Å². The Morgan fingerprint density at radius 1 is 1.14 bits per heavy atom. The number of hydrogen-bond donors (Lipinski definition) is 2. The zero-order chi connectivity index (χ0) is 30.5. The Kier molecular flexibility index (Phi) is 15.6. The molecular weight excluding hydrogens is 603 g/mol. The van der Waals surface area contributed by atoms with E-state index in [1.807, 2.05) is 0 Å². The van der Waals surface area contributed by atoms with Crippen LogP contribution in [0.4, 0.5) is 5.69 Å². The summed E-state index contributed by atoms with van der Waals surface area (Å²) in [6.07, 6.45) is 0.954. The Labute approximate surface area is 253 Å². The Morgan fingerprint density at radius 3 is 2.40 bits per heavy atom. The first kappa shape index (κ1) is 36.3. The molecule has 1 saturated heterocycles. The SMILES string of the molecule is C#CCOCCC(=O)N(C)CC(=O)Nc1cc(CO)ccc1O[C@H]1OC(C(=O)OC)[C@@H](OC(C)=O)[CH-]C1OC(C)=O.[Co]. The summed E-state index contributed by atoms with van der Waals surface area (Å²) >= 11 is 0. The van der Waals surface area contributed by atoms with Crippen LogP contribution in [0.3, 0.4) is 0 Å². The van der Waals surface area contributed by atoms with Crippen LogP contribution in [0.5, 0.6) is 5.75 Å². The second-order valence-corrected chi connectivity index (χ2v) is 8.70. The minimum atomic E-state index is -1.46. The first-order valence-electron chi connectivity index (χ1n) is 12.4. The van der Waals surface area contributed by atoms with Crippen LogP contribution in [0.15, 0.2) is 18.2 Å². The van der Waals surface area contributed by atoms with Gasteiger partial charge < -0.3 is 43.7 Å². The van der Waals surface area contributed by atoms with Crippen molar-refractivity contribution in [3.05, 3.63) is 30.2 Å². The van der Waals surface area contributed by atoms with E-state index in [0.717, 1.165) is 21.0 Å². The summed E-state index contributed by atoms with van der Waals surface area (Å²) in [6.45, 7) is 1.73. The van der Waals surface area contributed by atoms with E-state index in [1.54, 1.807) is 0 Å². The summed E-state index contributed by atoms with van der Waals surface area (Å²) in [5.74, 6) is -0.984.